The van der Waals surface area contributed by atoms with Gasteiger partial charge in [-0.2, -0.15) is 0 Å². The summed E-state index contributed by atoms with van der Waals surface area (Å²) in [7, 11) is 0. The molecule has 1 aromatic rings. The Labute approximate surface area is 104 Å². The second-order valence-electron chi connectivity index (χ2n) is 4.89. The largest absolute Gasteiger partial charge is 0.508 e. The van der Waals surface area contributed by atoms with Crippen molar-refractivity contribution in [1.82, 2.24) is 0 Å². The van der Waals surface area contributed by atoms with Gasteiger partial charge in [0.15, 0.2) is 0 Å². The van der Waals surface area contributed by atoms with Crippen LogP contribution in [0.5, 0.6) is 5.75 Å². The van der Waals surface area contributed by atoms with Crippen molar-refractivity contribution >= 4 is 0 Å². The molecule has 1 aromatic carbocycles. The van der Waals surface area contributed by atoms with E-state index in [1.165, 1.54) is 11.1 Å². The Hall–Kier alpha value is -1.50. The summed E-state index contributed by atoms with van der Waals surface area (Å²) in [5.74, 6) is 1.40. The molecule has 0 saturated heterocycles. The Balaban J connectivity index is 2.89. The van der Waals surface area contributed by atoms with Gasteiger partial charge in [0.05, 0.1) is 0 Å². The van der Waals surface area contributed by atoms with Crippen LogP contribution < -0.4 is 0 Å². The Bertz CT molecular complexity index is 384. The van der Waals surface area contributed by atoms with Gasteiger partial charge in [0, 0.05) is 0 Å². The molecule has 0 aromatic heterocycles. The van der Waals surface area contributed by atoms with Gasteiger partial charge >= 0.3 is 0 Å². The number of allylic oxidation sites excluding steroid dienone is 3. The lowest BCUT2D eigenvalue weighted by atomic mass is 9.83. The van der Waals surface area contributed by atoms with Crippen molar-refractivity contribution in [2.75, 3.05) is 0 Å². The third kappa shape index (κ3) is 4.10. The van der Waals surface area contributed by atoms with Crippen molar-refractivity contribution in [1.29, 1.82) is 0 Å². The number of aromatic hydroxyl groups is 1. The first kappa shape index (κ1) is 13.6. The summed E-state index contributed by atoms with van der Waals surface area (Å²) in [5, 5.41) is 9.32. The van der Waals surface area contributed by atoms with E-state index in [0.29, 0.717) is 17.6 Å². The van der Waals surface area contributed by atoms with Gasteiger partial charge in [-0.1, -0.05) is 50.3 Å². The molecule has 0 saturated carbocycles. The highest BCUT2D eigenvalue weighted by Gasteiger charge is 2.16. The zero-order chi connectivity index (χ0) is 12.8. The highest BCUT2D eigenvalue weighted by Crippen LogP contribution is 2.31. The van der Waals surface area contributed by atoms with Gasteiger partial charge in [-0.15, -0.1) is 0 Å². The first-order valence-corrected chi connectivity index (χ1v) is 6.11. The van der Waals surface area contributed by atoms with E-state index in [9.17, 15) is 5.11 Å². The Kier molecular flexibility index (Phi) is 5.02. The molecule has 1 rings (SSSR count). The SMILES string of the molecule is C=C/C=C(\C)C[C@H](c1ccc(O)cc1)C(C)C. The molecule has 0 aliphatic heterocycles. The zero-order valence-electron chi connectivity index (χ0n) is 11.0. The van der Waals surface area contributed by atoms with Crippen molar-refractivity contribution in [2.45, 2.75) is 33.1 Å². The lowest BCUT2D eigenvalue weighted by Crippen LogP contribution is -2.07. The van der Waals surface area contributed by atoms with Crippen LogP contribution in [0.4, 0.5) is 0 Å². The average Bonchev–Trinajstić information content (AvgIpc) is 2.27. The molecule has 0 amide bonds. The van der Waals surface area contributed by atoms with Crippen molar-refractivity contribution in [3.8, 4) is 5.75 Å². The van der Waals surface area contributed by atoms with Gasteiger partial charge in [-0.25, -0.2) is 0 Å². The molecule has 0 aliphatic rings. The minimum absolute atomic E-state index is 0.328. The summed E-state index contributed by atoms with van der Waals surface area (Å²) >= 11 is 0. The molecule has 92 valence electrons. The van der Waals surface area contributed by atoms with Crippen LogP contribution in [0.3, 0.4) is 0 Å². The first-order chi connectivity index (χ1) is 8.04. The first-order valence-electron chi connectivity index (χ1n) is 6.11. The predicted octanol–water partition coefficient (Wildman–Crippen LogP) is 4.65. The minimum atomic E-state index is 0.328. The fraction of sp³-hybridized carbons (Fsp3) is 0.375. The number of benzene rings is 1. The second-order valence-corrected chi connectivity index (χ2v) is 4.89. The standard InChI is InChI=1S/C16H22O/c1-5-6-13(4)11-16(12(2)3)14-7-9-15(17)10-8-14/h5-10,12,16-17H,1,11H2,2-4H3/b13-6+/t16-/m0/s1. The molecular formula is C16H22O. The summed E-state index contributed by atoms with van der Waals surface area (Å²) < 4.78 is 0. The normalized spacial score (nSPS) is 13.8. The lowest BCUT2D eigenvalue weighted by molar-refractivity contribution is 0.471. The van der Waals surface area contributed by atoms with E-state index < -0.39 is 0 Å². The minimum Gasteiger partial charge on any atom is -0.508 e. The van der Waals surface area contributed by atoms with Gasteiger partial charge in [0.25, 0.3) is 0 Å². The molecule has 0 spiro atoms. The van der Waals surface area contributed by atoms with E-state index in [0.717, 1.165) is 6.42 Å². The summed E-state index contributed by atoms with van der Waals surface area (Å²) in [4.78, 5) is 0. The van der Waals surface area contributed by atoms with E-state index >= 15 is 0 Å². The van der Waals surface area contributed by atoms with Gasteiger partial charge in [-0.3, -0.25) is 0 Å². The maximum Gasteiger partial charge on any atom is 0.115 e. The topological polar surface area (TPSA) is 20.2 Å². The monoisotopic (exact) mass is 230 g/mol. The maximum absolute atomic E-state index is 9.32. The molecule has 0 heterocycles. The number of hydrogen-bond donors (Lipinski definition) is 1. The quantitative estimate of drug-likeness (QED) is 0.730. The number of phenolic OH excluding ortho intramolecular Hbond substituents is 1. The van der Waals surface area contributed by atoms with Gasteiger partial charge < -0.3 is 5.11 Å². The maximum atomic E-state index is 9.32. The highest BCUT2D eigenvalue weighted by atomic mass is 16.3. The summed E-state index contributed by atoms with van der Waals surface area (Å²) in [6.45, 7) is 10.3. The Morgan fingerprint density at radius 2 is 1.88 bits per heavy atom. The molecule has 1 atom stereocenters. The van der Waals surface area contributed by atoms with Crippen molar-refractivity contribution in [3.05, 3.63) is 54.1 Å². The molecule has 1 heteroatoms. The van der Waals surface area contributed by atoms with Crippen LogP contribution in [0.2, 0.25) is 0 Å². The molecule has 0 aliphatic carbocycles. The van der Waals surface area contributed by atoms with Crippen molar-refractivity contribution < 1.29 is 5.11 Å². The van der Waals surface area contributed by atoms with Gasteiger partial charge in [-0.05, 0) is 42.9 Å². The van der Waals surface area contributed by atoms with Crippen LogP contribution in [0.15, 0.2) is 48.6 Å². The lowest BCUT2D eigenvalue weighted by Gasteiger charge is -2.21. The van der Waals surface area contributed by atoms with Crippen LogP contribution in [0, 0.1) is 5.92 Å². The molecule has 1 N–H and O–H groups in total. The van der Waals surface area contributed by atoms with Crippen LogP contribution in [0.1, 0.15) is 38.7 Å². The molecule has 0 bridgehead atoms. The van der Waals surface area contributed by atoms with E-state index in [4.69, 9.17) is 0 Å². The van der Waals surface area contributed by atoms with Crippen LogP contribution in [-0.2, 0) is 0 Å². The van der Waals surface area contributed by atoms with E-state index in [1.54, 1.807) is 12.1 Å². The van der Waals surface area contributed by atoms with Crippen molar-refractivity contribution in [2.24, 2.45) is 5.92 Å². The Morgan fingerprint density at radius 1 is 1.29 bits per heavy atom. The van der Waals surface area contributed by atoms with E-state index in [2.05, 4.69) is 33.4 Å². The Morgan fingerprint density at radius 3 is 2.35 bits per heavy atom. The third-order valence-corrected chi connectivity index (χ3v) is 3.07. The van der Waals surface area contributed by atoms with Crippen LogP contribution in [0.25, 0.3) is 0 Å². The average molecular weight is 230 g/mol. The summed E-state index contributed by atoms with van der Waals surface area (Å²) in [6.07, 6.45) is 4.94. The molecular weight excluding hydrogens is 208 g/mol. The fourth-order valence-corrected chi connectivity index (χ4v) is 2.08. The zero-order valence-corrected chi connectivity index (χ0v) is 11.0. The molecule has 17 heavy (non-hydrogen) atoms. The van der Waals surface area contributed by atoms with Gasteiger partial charge in [0.1, 0.15) is 5.75 Å². The fourth-order valence-electron chi connectivity index (χ4n) is 2.08. The number of hydrogen-bond acceptors (Lipinski definition) is 1. The molecule has 1 nitrogen and oxygen atoms in total. The number of rotatable bonds is 5. The summed E-state index contributed by atoms with van der Waals surface area (Å²) in [6, 6.07) is 7.55. The highest BCUT2D eigenvalue weighted by molar-refractivity contribution is 5.29. The van der Waals surface area contributed by atoms with Crippen LogP contribution >= 0.6 is 0 Å². The molecule has 0 unspecified atom stereocenters. The second kappa shape index (κ2) is 6.29. The molecule has 0 fully saturated rings. The van der Waals surface area contributed by atoms with Crippen molar-refractivity contribution in [3.63, 3.8) is 0 Å². The van der Waals surface area contributed by atoms with Crippen LogP contribution in [-0.4, -0.2) is 5.11 Å². The third-order valence-electron chi connectivity index (χ3n) is 3.07. The number of phenols is 1. The van der Waals surface area contributed by atoms with E-state index in [-0.39, 0.29) is 0 Å². The summed E-state index contributed by atoms with van der Waals surface area (Å²) in [5.41, 5.74) is 2.63. The predicted molar refractivity (Wildman–Crippen MR) is 74.3 cm³/mol. The van der Waals surface area contributed by atoms with E-state index in [1.807, 2.05) is 18.2 Å². The molecule has 0 radical (unpaired) electrons. The smallest absolute Gasteiger partial charge is 0.115 e. The van der Waals surface area contributed by atoms with Gasteiger partial charge in [0.2, 0.25) is 0 Å².